The number of likely N-dealkylation sites (tertiary alicyclic amines) is 1. The standard InChI is InChI=1S/C14H30N2S/c1-4-15(2)14-8-11-16(12-9-14)10-6-5-7-13-17-3/h14H,4-13H2,1-3H3. The molecule has 0 saturated carbocycles. The Bertz CT molecular complexity index is 179. The molecule has 1 fully saturated rings. The zero-order valence-electron chi connectivity index (χ0n) is 12.0. The van der Waals surface area contributed by atoms with Gasteiger partial charge in [-0.1, -0.05) is 13.3 Å². The maximum atomic E-state index is 2.67. The minimum atomic E-state index is 0.841. The van der Waals surface area contributed by atoms with E-state index in [4.69, 9.17) is 0 Å². The van der Waals surface area contributed by atoms with Crippen molar-refractivity contribution in [2.75, 3.05) is 45.2 Å². The van der Waals surface area contributed by atoms with Crippen LogP contribution in [0.4, 0.5) is 0 Å². The molecule has 0 radical (unpaired) electrons. The van der Waals surface area contributed by atoms with Crippen LogP contribution in [-0.4, -0.2) is 61.1 Å². The van der Waals surface area contributed by atoms with Gasteiger partial charge in [0.15, 0.2) is 0 Å². The summed E-state index contributed by atoms with van der Waals surface area (Å²) in [6.45, 7) is 7.42. The molecule has 2 nitrogen and oxygen atoms in total. The Morgan fingerprint density at radius 3 is 2.47 bits per heavy atom. The molecule has 0 aromatic heterocycles. The van der Waals surface area contributed by atoms with Gasteiger partial charge in [0, 0.05) is 6.04 Å². The van der Waals surface area contributed by atoms with Crippen LogP contribution in [-0.2, 0) is 0 Å². The first-order valence-corrected chi connectivity index (χ1v) is 8.58. The fourth-order valence-corrected chi connectivity index (χ4v) is 3.09. The summed E-state index contributed by atoms with van der Waals surface area (Å²) in [4.78, 5) is 5.18. The van der Waals surface area contributed by atoms with Crippen LogP contribution in [0.1, 0.15) is 39.0 Å². The van der Waals surface area contributed by atoms with Crippen molar-refractivity contribution >= 4 is 11.8 Å². The number of unbranched alkanes of at least 4 members (excludes halogenated alkanes) is 2. The molecule has 17 heavy (non-hydrogen) atoms. The lowest BCUT2D eigenvalue weighted by molar-refractivity contribution is 0.130. The molecule has 0 N–H and O–H groups in total. The van der Waals surface area contributed by atoms with Crippen LogP contribution >= 0.6 is 11.8 Å². The highest BCUT2D eigenvalue weighted by Gasteiger charge is 2.20. The fourth-order valence-electron chi connectivity index (χ4n) is 2.60. The van der Waals surface area contributed by atoms with Gasteiger partial charge in [-0.3, -0.25) is 0 Å². The van der Waals surface area contributed by atoms with E-state index in [0.717, 1.165) is 6.04 Å². The molecule has 3 heteroatoms. The number of piperidine rings is 1. The summed E-state index contributed by atoms with van der Waals surface area (Å²) < 4.78 is 0. The van der Waals surface area contributed by atoms with E-state index in [9.17, 15) is 0 Å². The average molecular weight is 258 g/mol. The fraction of sp³-hybridized carbons (Fsp3) is 1.00. The van der Waals surface area contributed by atoms with Crippen LogP contribution in [0, 0.1) is 0 Å². The van der Waals surface area contributed by atoms with E-state index in [0.29, 0.717) is 0 Å². The molecular weight excluding hydrogens is 228 g/mol. The van der Waals surface area contributed by atoms with Gasteiger partial charge in [0.05, 0.1) is 0 Å². The Kier molecular flexibility index (Phi) is 8.33. The topological polar surface area (TPSA) is 6.48 Å². The number of thioether (sulfide) groups is 1. The molecule has 1 aliphatic rings. The van der Waals surface area contributed by atoms with Gasteiger partial charge >= 0.3 is 0 Å². The van der Waals surface area contributed by atoms with Crippen molar-refractivity contribution in [2.45, 2.75) is 45.1 Å². The van der Waals surface area contributed by atoms with Crippen LogP contribution in [0.15, 0.2) is 0 Å². The number of rotatable bonds is 8. The van der Waals surface area contributed by atoms with Crippen molar-refractivity contribution in [2.24, 2.45) is 0 Å². The van der Waals surface area contributed by atoms with E-state index in [1.54, 1.807) is 0 Å². The number of nitrogens with zero attached hydrogens (tertiary/aromatic N) is 2. The minimum absolute atomic E-state index is 0.841. The second-order valence-electron chi connectivity index (χ2n) is 5.20. The summed E-state index contributed by atoms with van der Waals surface area (Å²) in [5.41, 5.74) is 0. The van der Waals surface area contributed by atoms with Crippen molar-refractivity contribution in [3.63, 3.8) is 0 Å². The lowest BCUT2D eigenvalue weighted by Crippen LogP contribution is -2.43. The quantitative estimate of drug-likeness (QED) is 0.618. The lowest BCUT2D eigenvalue weighted by Gasteiger charge is -2.36. The SMILES string of the molecule is CCN(C)C1CCN(CCCCCSC)CC1. The maximum absolute atomic E-state index is 2.67. The normalized spacial score (nSPS) is 19.1. The van der Waals surface area contributed by atoms with Crippen LogP contribution in [0.2, 0.25) is 0 Å². The van der Waals surface area contributed by atoms with Gasteiger partial charge in [-0.2, -0.15) is 11.8 Å². The molecule has 0 bridgehead atoms. The molecule has 0 aromatic rings. The van der Waals surface area contributed by atoms with Crippen molar-refractivity contribution < 1.29 is 0 Å². The van der Waals surface area contributed by atoms with E-state index in [1.807, 2.05) is 11.8 Å². The smallest absolute Gasteiger partial charge is 0.0116 e. The van der Waals surface area contributed by atoms with Crippen LogP contribution in [0.25, 0.3) is 0 Å². The van der Waals surface area contributed by atoms with Crippen molar-refractivity contribution in [3.05, 3.63) is 0 Å². The summed E-state index contributed by atoms with van der Waals surface area (Å²) in [6, 6.07) is 0.841. The average Bonchev–Trinajstić information content (AvgIpc) is 2.38. The highest BCUT2D eigenvalue weighted by atomic mass is 32.2. The summed E-state index contributed by atoms with van der Waals surface area (Å²) in [6.07, 6.45) is 9.15. The Hall–Kier alpha value is 0.270. The first kappa shape index (κ1) is 15.3. The second-order valence-corrected chi connectivity index (χ2v) is 6.19. The predicted octanol–water partition coefficient (Wildman–Crippen LogP) is 2.94. The molecule has 1 heterocycles. The lowest BCUT2D eigenvalue weighted by atomic mass is 10.0. The maximum Gasteiger partial charge on any atom is 0.0116 e. The summed E-state index contributed by atoms with van der Waals surface area (Å²) in [5, 5.41) is 0. The third-order valence-corrected chi connectivity index (χ3v) is 4.70. The highest BCUT2D eigenvalue weighted by molar-refractivity contribution is 7.98. The van der Waals surface area contributed by atoms with Crippen LogP contribution in [0.3, 0.4) is 0 Å². The van der Waals surface area contributed by atoms with Crippen molar-refractivity contribution in [1.29, 1.82) is 0 Å². The molecule has 102 valence electrons. The van der Waals surface area contributed by atoms with E-state index < -0.39 is 0 Å². The third-order valence-electron chi connectivity index (χ3n) is 4.00. The molecule has 0 aliphatic carbocycles. The molecule has 0 atom stereocenters. The molecule has 0 spiro atoms. The Labute approximate surface area is 112 Å². The monoisotopic (exact) mass is 258 g/mol. The van der Waals surface area contributed by atoms with Gasteiger partial charge in [-0.25, -0.2) is 0 Å². The molecule has 1 saturated heterocycles. The molecule has 0 amide bonds. The predicted molar refractivity (Wildman–Crippen MR) is 80.0 cm³/mol. The van der Waals surface area contributed by atoms with Gasteiger partial charge in [0.1, 0.15) is 0 Å². The summed E-state index contributed by atoms with van der Waals surface area (Å²) in [7, 11) is 2.27. The van der Waals surface area contributed by atoms with Crippen LogP contribution < -0.4 is 0 Å². The Morgan fingerprint density at radius 2 is 1.88 bits per heavy atom. The molecule has 1 aliphatic heterocycles. The van der Waals surface area contributed by atoms with E-state index >= 15 is 0 Å². The first-order valence-electron chi connectivity index (χ1n) is 7.19. The summed E-state index contributed by atoms with van der Waals surface area (Å²) in [5.74, 6) is 1.34. The molecule has 0 unspecified atom stereocenters. The van der Waals surface area contributed by atoms with Crippen molar-refractivity contribution in [1.82, 2.24) is 9.80 Å². The van der Waals surface area contributed by atoms with Crippen molar-refractivity contribution in [3.8, 4) is 0 Å². The number of hydrogen-bond acceptors (Lipinski definition) is 3. The zero-order chi connectivity index (χ0) is 12.5. The van der Waals surface area contributed by atoms with E-state index in [2.05, 4.69) is 30.0 Å². The Balaban J connectivity index is 2.03. The minimum Gasteiger partial charge on any atom is -0.304 e. The Morgan fingerprint density at radius 1 is 1.18 bits per heavy atom. The van der Waals surface area contributed by atoms with Crippen LogP contribution in [0.5, 0.6) is 0 Å². The molecule has 0 aromatic carbocycles. The highest BCUT2D eigenvalue weighted by Crippen LogP contribution is 2.15. The number of hydrogen-bond donors (Lipinski definition) is 0. The third kappa shape index (κ3) is 6.12. The van der Waals surface area contributed by atoms with E-state index in [-0.39, 0.29) is 0 Å². The largest absolute Gasteiger partial charge is 0.304 e. The van der Waals surface area contributed by atoms with E-state index in [1.165, 1.54) is 64.0 Å². The first-order chi connectivity index (χ1) is 8.27. The van der Waals surface area contributed by atoms with Gasteiger partial charge in [0.2, 0.25) is 0 Å². The zero-order valence-corrected chi connectivity index (χ0v) is 12.8. The summed E-state index contributed by atoms with van der Waals surface area (Å²) >= 11 is 1.97. The van der Waals surface area contributed by atoms with Gasteiger partial charge < -0.3 is 9.80 Å². The van der Waals surface area contributed by atoms with Gasteiger partial charge in [-0.15, -0.1) is 0 Å². The second kappa shape index (κ2) is 9.23. The van der Waals surface area contributed by atoms with Gasteiger partial charge in [-0.05, 0) is 70.9 Å². The van der Waals surface area contributed by atoms with Gasteiger partial charge in [0.25, 0.3) is 0 Å². The molecule has 1 rings (SSSR count). The molecular formula is C14H30N2S.